The molecular weight excluding hydrogens is 274 g/mol. The fourth-order valence-corrected chi connectivity index (χ4v) is 2.50. The molecule has 112 valence electrons. The van der Waals surface area contributed by atoms with Crippen molar-refractivity contribution in [1.82, 2.24) is 0 Å². The second-order valence-corrected chi connectivity index (χ2v) is 5.21. The molecule has 2 rings (SSSR count). The zero-order valence-corrected chi connectivity index (χ0v) is 11.1. The first-order valence-electron chi connectivity index (χ1n) is 6.58. The van der Waals surface area contributed by atoms with Gasteiger partial charge in [-0.2, -0.15) is 13.2 Å². The number of hydrogen-bond donors (Lipinski definition) is 1. The summed E-state index contributed by atoms with van der Waals surface area (Å²) in [5.74, 6) is -2.00. The van der Waals surface area contributed by atoms with Gasteiger partial charge < -0.3 is 10.0 Å². The minimum absolute atomic E-state index is 0.0907. The van der Waals surface area contributed by atoms with Crippen LogP contribution in [-0.4, -0.2) is 24.4 Å². The Labute approximate surface area is 115 Å². The van der Waals surface area contributed by atoms with Gasteiger partial charge >= 0.3 is 6.18 Å². The molecule has 1 N–H and O–H groups in total. The van der Waals surface area contributed by atoms with Crippen LogP contribution in [0.25, 0.3) is 0 Å². The smallest absolute Gasteiger partial charge is 0.389 e. The van der Waals surface area contributed by atoms with Gasteiger partial charge in [0, 0.05) is 13.1 Å². The predicted octanol–water partition coefficient (Wildman–Crippen LogP) is 3.66. The van der Waals surface area contributed by atoms with Crippen molar-refractivity contribution in [1.29, 1.82) is 0 Å². The summed E-state index contributed by atoms with van der Waals surface area (Å²) < 4.78 is 52.2. The number of piperidine rings is 1. The molecule has 1 aromatic carbocycles. The van der Waals surface area contributed by atoms with Crippen LogP contribution >= 0.6 is 0 Å². The molecule has 0 spiro atoms. The van der Waals surface area contributed by atoms with Crippen LogP contribution in [0.4, 0.5) is 23.2 Å². The average molecular weight is 291 g/mol. The van der Waals surface area contributed by atoms with Gasteiger partial charge in [0.1, 0.15) is 5.82 Å². The first kappa shape index (κ1) is 15.1. The summed E-state index contributed by atoms with van der Waals surface area (Å²) >= 11 is 0. The lowest BCUT2D eigenvalue weighted by atomic mass is 9.96. The quantitative estimate of drug-likeness (QED) is 0.841. The highest BCUT2D eigenvalue weighted by molar-refractivity contribution is 5.50. The zero-order valence-electron chi connectivity index (χ0n) is 11.1. The first-order chi connectivity index (χ1) is 9.29. The van der Waals surface area contributed by atoms with E-state index >= 15 is 0 Å². The third kappa shape index (κ3) is 3.23. The van der Waals surface area contributed by atoms with Gasteiger partial charge in [-0.3, -0.25) is 0 Å². The van der Waals surface area contributed by atoms with E-state index in [0.29, 0.717) is 18.5 Å². The molecule has 0 aliphatic carbocycles. The Balaban J connectivity index is 2.19. The van der Waals surface area contributed by atoms with Crippen LogP contribution in [0.5, 0.6) is 0 Å². The number of aliphatic hydroxyl groups is 1. The van der Waals surface area contributed by atoms with Crippen LogP contribution in [0.15, 0.2) is 18.2 Å². The molecule has 1 saturated heterocycles. The monoisotopic (exact) mass is 291 g/mol. The maximum Gasteiger partial charge on any atom is 0.393 e. The molecular formula is C14H17F4NO. The molecule has 0 saturated carbocycles. The highest BCUT2D eigenvalue weighted by atomic mass is 19.4. The van der Waals surface area contributed by atoms with Crippen LogP contribution < -0.4 is 4.90 Å². The molecule has 1 aromatic rings. The van der Waals surface area contributed by atoms with Crippen LogP contribution in [0.1, 0.15) is 31.4 Å². The molecule has 2 nitrogen and oxygen atoms in total. The Morgan fingerprint density at radius 3 is 2.60 bits per heavy atom. The number of halogens is 4. The van der Waals surface area contributed by atoms with E-state index in [0.717, 1.165) is 0 Å². The van der Waals surface area contributed by atoms with E-state index in [2.05, 4.69) is 0 Å². The molecule has 1 aliphatic heterocycles. The normalized spacial score (nSPS) is 21.9. The standard InChI is InChI=1S/C14H17F4NO/c1-9(20)10-4-5-13(12(15)7-10)19-6-2-3-11(8-19)14(16,17)18/h4-5,7,9,11,20H,2-3,6,8H2,1H3/t9-,11?/m0/s1. The van der Waals surface area contributed by atoms with Crippen molar-refractivity contribution < 1.29 is 22.7 Å². The molecule has 0 radical (unpaired) electrons. The zero-order chi connectivity index (χ0) is 14.9. The molecule has 6 heteroatoms. The second kappa shape index (κ2) is 5.60. The number of alkyl halides is 3. The number of nitrogens with zero attached hydrogens (tertiary/aromatic N) is 1. The van der Waals surface area contributed by atoms with Gasteiger partial charge in [-0.25, -0.2) is 4.39 Å². The largest absolute Gasteiger partial charge is 0.393 e. The summed E-state index contributed by atoms with van der Waals surface area (Å²) in [7, 11) is 0. The summed E-state index contributed by atoms with van der Waals surface area (Å²) in [5, 5.41) is 9.37. The average Bonchev–Trinajstić information content (AvgIpc) is 2.37. The van der Waals surface area contributed by atoms with E-state index < -0.39 is 24.0 Å². The molecule has 2 atom stereocenters. The molecule has 20 heavy (non-hydrogen) atoms. The second-order valence-electron chi connectivity index (χ2n) is 5.21. The Morgan fingerprint density at radius 2 is 2.05 bits per heavy atom. The van der Waals surface area contributed by atoms with Crippen molar-refractivity contribution in [3.63, 3.8) is 0 Å². The molecule has 1 unspecified atom stereocenters. The van der Waals surface area contributed by atoms with Crippen molar-refractivity contribution in [2.45, 2.75) is 32.0 Å². The Bertz CT molecular complexity index is 473. The number of benzene rings is 1. The van der Waals surface area contributed by atoms with E-state index in [1.54, 1.807) is 6.07 Å². The third-order valence-electron chi connectivity index (χ3n) is 3.68. The Hall–Kier alpha value is -1.30. The topological polar surface area (TPSA) is 23.5 Å². The fraction of sp³-hybridized carbons (Fsp3) is 0.571. The van der Waals surface area contributed by atoms with Gasteiger partial charge in [-0.05, 0) is 37.5 Å². The number of hydrogen-bond acceptors (Lipinski definition) is 2. The van der Waals surface area contributed by atoms with E-state index in [-0.39, 0.29) is 18.7 Å². The van der Waals surface area contributed by atoms with Crippen molar-refractivity contribution in [3.8, 4) is 0 Å². The lowest BCUT2D eigenvalue weighted by molar-refractivity contribution is -0.176. The highest BCUT2D eigenvalue weighted by Crippen LogP contribution is 2.35. The number of anilines is 1. The van der Waals surface area contributed by atoms with Gasteiger partial charge in [-0.1, -0.05) is 6.07 Å². The molecule has 1 aliphatic rings. The molecule has 1 heterocycles. The first-order valence-corrected chi connectivity index (χ1v) is 6.58. The lowest BCUT2D eigenvalue weighted by Crippen LogP contribution is -2.42. The molecule has 0 amide bonds. The summed E-state index contributed by atoms with van der Waals surface area (Å²) in [4.78, 5) is 1.43. The van der Waals surface area contributed by atoms with Gasteiger partial charge in [0.05, 0.1) is 17.7 Å². The minimum atomic E-state index is -4.24. The van der Waals surface area contributed by atoms with E-state index in [4.69, 9.17) is 0 Å². The Morgan fingerprint density at radius 1 is 1.35 bits per heavy atom. The SMILES string of the molecule is C[C@H](O)c1ccc(N2CCCC(C(F)(F)F)C2)c(F)c1. The summed E-state index contributed by atoms with van der Waals surface area (Å²) in [6, 6.07) is 4.16. The van der Waals surface area contributed by atoms with Gasteiger partial charge in [-0.15, -0.1) is 0 Å². The van der Waals surface area contributed by atoms with E-state index in [9.17, 15) is 22.7 Å². The minimum Gasteiger partial charge on any atom is -0.389 e. The van der Waals surface area contributed by atoms with Crippen LogP contribution in [-0.2, 0) is 0 Å². The maximum atomic E-state index is 14.0. The van der Waals surface area contributed by atoms with Crippen molar-refractivity contribution >= 4 is 5.69 Å². The summed E-state index contributed by atoms with van der Waals surface area (Å²) in [5.41, 5.74) is 0.582. The summed E-state index contributed by atoms with van der Waals surface area (Å²) in [6.45, 7) is 1.71. The maximum absolute atomic E-state index is 14.0. The van der Waals surface area contributed by atoms with Crippen molar-refractivity contribution in [2.24, 2.45) is 5.92 Å². The van der Waals surface area contributed by atoms with E-state index in [1.165, 1.54) is 24.0 Å². The van der Waals surface area contributed by atoms with Gasteiger partial charge in [0.25, 0.3) is 0 Å². The molecule has 0 bridgehead atoms. The molecule has 1 fully saturated rings. The summed E-state index contributed by atoms with van der Waals surface area (Å²) in [6.07, 6.45) is -4.56. The van der Waals surface area contributed by atoms with Crippen LogP contribution in [0.3, 0.4) is 0 Å². The van der Waals surface area contributed by atoms with Gasteiger partial charge in [0.15, 0.2) is 0 Å². The number of rotatable bonds is 2. The lowest BCUT2D eigenvalue weighted by Gasteiger charge is -2.35. The van der Waals surface area contributed by atoms with Crippen LogP contribution in [0, 0.1) is 11.7 Å². The van der Waals surface area contributed by atoms with Crippen molar-refractivity contribution in [3.05, 3.63) is 29.6 Å². The van der Waals surface area contributed by atoms with Crippen molar-refractivity contribution in [2.75, 3.05) is 18.0 Å². The van der Waals surface area contributed by atoms with Crippen LogP contribution in [0.2, 0.25) is 0 Å². The number of aliphatic hydroxyl groups excluding tert-OH is 1. The fourth-order valence-electron chi connectivity index (χ4n) is 2.50. The highest BCUT2D eigenvalue weighted by Gasteiger charge is 2.42. The molecule has 0 aromatic heterocycles. The van der Waals surface area contributed by atoms with E-state index in [1.807, 2.05) is 0 Å². The Kier molecular flexibility index (Phi) is 4.22. The van der Waals surface area contributed by atoms with Gasteiger partial charge in [0.2, 0.25) is 0 Å². The third-order valence-corrected chi connectivity index (χ3v) is 3.68. The predicted molar refractivity (Wildman–Crippen MR) is 68.0 cm³/mol.